The predicted octanol–water partition coefficient (Wildman–Crippen LogP) is 3.52. The summed E-state index contributed by atoms with van der Waals surface area (Å²) >= 11 is 8.61. The van der Waals surface area contributed by atoms with E-state index in [1.54, 1.807) is 17.7 Å². The lowest BCUT2D eigenvalue weighted by Gasteiger charge is -2.09. The Morgan fingerprint density at radius 1 is 1.50 bits per heavy atom. The summed E-state index contributed by atoms with van der Waals surface area (Å²) in [6.07, 6.45) is 3.35. The highest BCUT2D eigenvalue weighted by molar-refractivity contribution is 9.13. The van der Waals surface area contributed by atoms with E-state index < -0.39 is 0 Å². The average molecular weight is 394 g/mol. The molecule has 0 spiro atoms. The topological polar surface area (TPSA) is 56.7 Å². The number of aromatic nitrogens is 3. The van der Waals surface area contributed by atoms with E-state index in [-0.39, 0.29) is 6.04 Å². The minimum Gasteiger partial charge on any atom is -0.323 e. The van der Waals surface area contributed by atoms with Gasteiger partial charge < -0.3 is 5.73 Å². The molecule has 2 heterocycles. The van der Waals surface area contributed by atoms with Crippen molar-refractivity contribution in [3.63, 3.8) is 0 Å². The minimum atomic E-state index is -0.0441. The smallest absolute Gasteiger partial charge is 0.138 e. The largest absolute Gasteiger partial charge is 0.323 e. The van der Waals surface area contributed by atoms with Crippen LogP contribution in [0, 0.1) is 0 Å². The summed E-state index contributed by atoms with van der Waals surface area (Å²) in [5.74, 6) is 0.949. The lowest BCUT2D eigenvalue weighted by Crippen LogP contribution is -2.16. The molecule has 2 rings (SSSR count). The van der Waals surface area contributed by atoms with Crippen molar-refractivity contribution in [2.45, 2.75) is 32.4 Å². The van der Waals surface area contributed by atoms with Crippen LogP contribution in [0.5, 0.6) is 0 Å². The van der Waals surface area contributed by atoms with Crippen LogP contribution >= 0.6 is 43.2 Å². The molecule has 0 saturated carbocycles. The van der Waals surface area contributed by atoms with E-state index in [9.17, 15) is 0 Å². The normalized spacial score (nSPS) is 12.9. The van der Waals surface area contributed by atoms with Crippen molar-refractivity contribution in [3.05, 3.63) is 31.4 Å². The molecule has 1 atom stereocenters. The molecule has 0 radical (unpaired) electrons. The number of aryl methyl sites for hydroxylation is 1. The van der Waals surface area contributed by atoms with Crippen LogP contribution in [0.1, 0.15) is 30.1 Å². The summed E-state index contributed by atoms with van der Waals surface area (Å²) in [7, 11) is 0. The van der Waals surface area contributed by atoms with E-state index in [0.717, 1.165) is 31.9 Å². The maximum absolute atomic E-state index is 6.22. The van der Waals surface area contributed by atoms with Crippen molar-refractivity contribution >= 4 is 43.2 Å². The summed E-state index contributed by atoms with van der Waals surface area (Å²) in [6, 6.07) is 2.01. The Kier molecular flexibility index (Phi) is 4.94. The second-order valence-electron chi connectivity index (χ2n) is 3.98. The monoisotopic (exact) mass is 392 g/mol. The van der Waals surface area contributed by atoms with Crippen LogP contribution in [0.2, 0.25) is 0 Å². The molecular weight excluding hydrogens is 380 g/mol. The molecule has 1 unspecified atom stereocenters. The van der Waals surface area contributed by atoms with Crippen LogP contribution in [0.15, 0.2) is 20.7 Å². The third-order valence-electron chi connectivity index (χ3n) is 2.56. The predicted molar refractivity (Wildman–Crippen MR) is 80.7 cm³/mol. The minimum absolute atomic E-state index is 0.0441. The van der Waals surface area contributed by atoms with Crippen molar-refractivity contribution in [3.8, 4) is 0 Å². The molecule has 0 aliphatic carbocycles. The quantitative estimate of drug-likeness (QED) is 0.845. The fourth-order valence-corrected chi connectivity index (χ4v) is 3.78. The maximum atomic E-state index is 6.22. The average Bonchev–Trinajstić information content (AvgIpc) is 2.88. The van der Waals surface area contributed by atoms with Gasteiger partial charge in [0, 0.05) is 28.4 Å². The van der Waals surface area contributed by atoms with Gasteiger partial charge >= 0.3 is 0 Å². The highest BCUT2D eigenvalue weighted by Gasteiger charge is 2.15. The van der Waals surface area contributed by atoms with Gasteiger partial charge in [0.2, 0.25) is 0 Å². The van der Waals surface area contributed by atoms with Gasteiger partial charge in [-0.3, -0.25) is 4.68 Å². The van der Waals surface area contributed by atoms with Crippen molar-refractivity contribution in [2.24, 2.45) is 5.73 Å². The first-order chi connectivity index (χ1) is 8.61. The Bertz CT molecular complexity index is 503. The number of thiophene rings is 1. The number of hydrogen-bond acceptors (Lipinski definition) is 4. The molecule has 7 heteroatoms. The van der Waals surface area contributed by atoms with Crippen molar-refractivity contribution in [2.75, 3.05) is 0 Å². The molecular formula is C11H14Br2N4S. The van der Waals surface area contributed by atoms with Gasteiger partial charge in [-0.2, -0.15) is 5.10 Å². The second-order valence-corrected chi connectivity index (χ2v) is 7.24. The number of hydrogen-bond donors (Lipinski definition) is 1. The van der Waals surface area contributed by atoms with Gasteiger partial charge in [0.1, 0.15) is 12.2 Å². The molecule has 0 bridgehead atoms. The van der Waals surface area contributed by atoms with Crippen molar-refractivity contribution < 1.29 is 0 Å². The molecule has 0 aliphatic heterocycles. The molecule has 4 nitrogen and oxygen atoms in total. The van der Waals surface area contributed by atoms with Crippen molar-refractivity contribution in [1.82, 2.24) is 14.8 Å². The Balaban J connectivity index is 2.10. The second kappa shape index (κ2) is 6.27. The fourth-order valence-electron chi connectivity index (χ4n) is 1.69. The van der Waals surface area contributed by atoms with Gasteiger partial charge in [-0.25, -0.2) is 4.98 Å². The van der Waals surface area contributed by atoms with E-state index >= 15 is 0 Å². The zero-order valence-corrected chi connectivity index (χ0v) is 13.9. The van der Waals surface area contributed by atoms with Gasteiger partial charge in [-0.1, -0.05) is 6.92 Å². The highest BCUT2D eigenvalue weighted by Crippen LogP contribution is 2.35. The number of halogens is 2. The van der Waals surface area contributed by atoms with E-state index in [4.69, 9.17) is 5.73 Å². The standard InChI is InChI=1S/C11H14Br2N4S/c1-2-3-17-10(15-6-16-17)5-8(14)9-4-7(12)11(13)18-9/h4,6,8H,2-3,5,14H2,1H3. The SMILES string of the molecule is CCCn1ncnc1CC(N)c1cc(Br)c(Br)s1. The summed E-state index contributed by atoms with van der Waals surface area (Å²) in [4.78, 5) is 5.42. The Morgan fingerprint density at radius 3 is 2.89 bits per heavy atom. The zero-order chi connectivity index (χ0) is 13.1. The fraction of sp³-hybridized carbons (Fsp3) is 0.455. The van der Waals surface area contributed by atoms with E-state index in [2.05, 4.69) is 54.9 Å². The molecule has 0 saturated heterocycles. The summed E-state index contributed by atoms with van der Waals surface area (Å²) < 4.78 is 4.05. The van der Waals surface area contributed by atoms with Gasteiger partial charge in [-0.15, -0.1) is 11.3 Å². The molecule has 18 heavy (non-hydrogen) atoms. The van der Waals surface area contributed by atoms with Crippen LogP contribution in [0.25, 0.3) is 0 Å². The van der Waals surface area contributed by atoms with Gasteiger partial charge in [-0.05, 0) is 44.3 Å². The Labute approximate surface area is 127 Å². The number of nitrogens with zero attached hydrogens (tertiary/aromatic N) is 3. The Morgan fingerprint density at radius 2 is 2.28 bits per heavy atom. The third kappa shape index (κ3) is 3.20. The lowest BCUT2D eigenvalue weighted by molar-refractivity contribution is 0.550. The highest BCUT2D eigenvalue weighted by atomic mass is 79.9. The third-order valence-corrected chi connectivity index (χ3v) is 5.95. The number of rotatable bonds is 5. The summed E-state index contributed by atoms with van der Waals surface area (Å²) in [6.45, 7) is 3.01. The number of nitrogens with two attached hydrogens (primary N) is 1. The maximum Gasteiger partial charge on any atom is 0.138 e. The molecule has 2 aromatic heterocycles. The summed E-state index contributed by atoms with van der Waals surface area (Å²) in [5, 5.41) is 4.21. The van der Waals surface area contributed by atoms with Gasteiger partial charge in [0.25, 0.3) is 0 Å². The van der Waals surface area contributed by atoms with Gasteiger partial charge in [0.15, 0.2) is 0 Å². The van der Waals surface area contributed by atoms with Crippen LogP contribution in [0.3, 0.4) is 0 Å². The molecule has 0 aliphatic rings. The van der Waals surface area contributed by atoms with Crippen LogP contribution < -0.4 is 5.73 Å². The van der Waals surface area contributed by atoms with E-state index in [1.807, 2.05) is 4.68 Å². The van der Waals surface area contributed by atoms with E-state index in [0.29, 0.717) is 6.42 Å². The van der Waals surface area contributed by atoms with Crippen LogP contribution in [-0.2, 0) is 13.0 Å². The first-order valence-electron chi connectivity index (χ1n) is 5.68. The summed E-state index contributed by atoms with van der Waals surface area (Å²) in [5.41, 5.74) is 6.22. The molecule has 2 aromatic rings. The molecule has 0 fully saturated rings. The van der Waals surface area contributed by atoms with Gasteiger partial charge in [0.05, 0.1) is 3.79 Å². The first-order valence-corrected chi connectivity index (χ1v) is 8.09. The van der Waals surface area contributed by atoms with E-state index in [1.165, 1.54) is 0 Å². The zero-order valence-electron chi connectivity index (χ0n) is 9.94. The molecule has 98 valence electrons. The Hall–Kier alpha value is -0.240. The molecule has 0 aromatic carbocycles. The lowest BCUT2D eigenvalue weighted by atomic mass is 10.2. The molecule has 2 N–H and O–H groups in total. The van der Waals surface area contributed by atoms with Crippen molar-refractivity contribution in [1.29, 1.82) is 0 Å². The molecule has 0 amide bonds. The van der Waals surface area contributed by atoms with Crippen LogP contribution in [-0.4, -0.2) is 14.8 Å². The first kappa shape index (κ1) is 14.2. The van der Waals surface area contributed by atoms with Crippen LogP contribution in [0.4, 0.5) is 0 Å².